The molecule has 0 bridgehead atoms. The number of nitrogens with zero attached hydrogens (tertiary/aromatic N) is 3. The number of carbonyl (C=O) groups excluding carboxylic acids is 2. The Labute approximate surface area is 121 Å². The zero-order chi connectivity index (χ0) is 15.2. The second-order valence-corrected chi connectivity index (χ2v) is 4.43. The van der Waals surface area contributed by atoms with Gasteiger partial charge >= 0.3 is 5.97 Å². The van der Waals surface area contributed by atoms with E-state index in [9.17, 15) is 9.59 Å². The third-order valence-electron chi connectivity index (χ3n) is 2.82. The molecule has 1 N–H and O–H groups in total. The molecule has 1 amide bonds. The van der Waals surface area contributed by atoms with E-state index in [1.54, 1.807) is 19.4 Å². The number of esters is 1. The molecule has 2 heterocycles. The van der Waals surface area contributed by atoms with Gasteiger partial charge in [-0.25, -0.2) is 4.79 Å². The molecule has 110 valence electrons. The Bertz CT molecular complexity index is 637. The van der Waals surface area contributed by atoms with E-state index in [-0.39, 0.29) is 18.0 Å². The number of methoxy groups -OCH3 is 1. The van der Waals surface area contributed by atoms with Crippen LogP contribution in [-0.2, 0) is 23.0 Å². The van der Waals surface area contributed by atoms with Crippen molar-refractivity contribution in [1.82, 2.24) is 14.8 Å². The predicted octanol–water partition coefficient (Wildman–Crippen LogP) is 1.17. The van der Waals surface area contributed by atoms with Crippen molar-refractivity contribution in [2.45, 2.75) is 12.8 Å². The normalized spacial score (nSPS) is 10.2. The maximum absolute atomic E-state index is 11.9. The number of ether oxygens (including phenoxy) is 1. The number of aromatic nitrogens is 3. The number of hydrogen-bond donors (Lipinski definition) is 1. The number of amides is 1. The van der Waals surface area contributed by atoms with Gasteiger partial charge in [-0.1, -0.05) is 6.07 Å². The number of carbonyl (C=O) groups is 2. The number of aryl methyl sites for hydroxylation is 2. The number of hydrogen-bond acceptors (Lipinski definition) is 5. The lowest BCUT2D eigenvalue weighted by atomic mass is 10.2. The van der Waals surface area contributed by atoms with Crippen LogP contribution in [0.1, 0.15) is 22.6 Å². The molecule has 0 saturated heterocycles. The van der Waals surface area contributed by atoms with Crippen molar-refractivity contribution < 1.29 is 14.3 Å². The molecule has 0 unspecified atom stereocenters. The van der Waals surface area contributed by atoms with Crippen LogP contribution in [-0.4, -0.2) is 33.8 Å². The largest absolute Gasteiger partial charge is 0.464 e. The molecule has 7 heteroatoms. The maximum atomic E-state index is 11.9. The summed E-state index contributed by atoms with van der Waals surface area (Å²) in [6, 6.07) is 5.55. The Morgan fingerprint density at radius 2 is 2.19 bits per heavy atom. The number of anilines is 1. The summed E-state index contributed by atoms with van der Waals surface area (Å²) in [6.07, 6.45) is 4.04. The highest BCUT2D eigenvalue weighted by Gasteiger charge is 2.18. The first-order chi connectivity index (χ1) is 10.1. The quantitative estimate of drug-likeness (QED) is 0.835. The van der Waals surface area contributed by atoms with E-state index in [0.29, 0.717) is 12.1 Å². The minimum atomic E-state index is -0.587. The van der Waals surface area contributed by atoms with Gasteiger partial charge in [0.05, 0.1) is 12.8 Å². The number of nitrogens with one attached hydrogen (secondary N) is 1. The van der Waals surface area contributed by atoms with E-state index in [0.717, 1.165) is 5.69 Å². The fourth-order valence-corrected chi connectivity index (χ4v) is 1.83. The maximum Gasteiger partial charge on any atom is 0.360 e. The summed E-state index contributed by atoms with van der Waals surface area (Å²) in [5.74, 6) is -0.797. The second-order valence-electron chi connectivity index (χ2n) is 4.43. The molecule has 21 heavy (non-hydrogen) atoms. The Kier molecular flexibility index (Phi) is 4.65. The van der Waals surface area contributed by atoms with Gasteiger partial charge in [0.15, 0.2) is 5.69 Å². The van der Waals surface area contributed by atoms with Crippen molar-refractivity contribution >= 4 is 17.6 Å². The third kappa shape index (κ3) is 3.88. The molecule has 0 aliphatic heterocycles. The minimum Gasteiger partial charge on any atom is -0.464 e. The van der Waals surface area contributed by atoms with Gasteiger partial charge in [-0.15, -0.1) is 0 Å². The molecule has 0 aliphatic carbocycles. The van der Waals surface area contributed by atoms with Crippen LogP contribution in [0.15, 0.2) is 30.6 Å². The summed E-state index contributed by atoms with van der Waals surface area (Å²) in [4.78, 5) is 27.6. The SMILES string of the molecule is COC(=O)c1nn(C)cc1NC(=O)CCc1ccccn1. The zero-order valence-corrected chi connectivity index (χ0v) is 11.9. The second kappa shape index (κ2) is 6.65. The van der Waals surface area contributed by atoms with Crippen LogP contribution >= 0.6 is 0 Å². The molecule has 0 fully saturated rings. The van der Waals surface area contributed by atoms with Crippen molar-refractivity contribution in [1.29, 1.82) is 0 Å². The van der Waals surface area contributed by atoms with Crippen molar-refractivity contribution in [3.63, 3.8) is 0 Å². The van der Waals surface area contributed by atoms with Gasteiger partial charge in [-0.2, -0.15) is 5.10 Å². The van der Waals surface area contributed by atoms with Crippen molar-refractivity contribution in [3.8, 4) is 0 Å². The molecule has 2 aromatic rings. The summed E-state index contributed by atoms with van der Waals surface area (Å²) in [5.41, 5.74) is 1.27. The van der Waals surface area contributed by atoms with Crippen molar-refractivity contribution in [2.24, 2.45) is 7.05 Å². The van der Waals surface area contributed by atoms with Crippen LogP contribution in [0, 0.1) is 0 Å². The first kappa shape index (κ1) is 14.7. The van der Waals surface area contributed by atoms with Crippen molar-refractivity contribution in [2.75, 3.05) is 12.4 Å². The fourth-order valence-electron chi connectivity index (χ4n) is 1.83. The number of rotatable bonds is 5. The number of pyridine rings is 1. The summed E-state index contributed by atoms with van der Waals surface area (Å²) >= 11 is 0. The predicted molar refractivity (Wildman–Crippen MR) is 75.7 cm³/mol. The highest BCUT2D eigenvalue weighted by atomic mass is 16.5. The lowest BCUT2D eigenvalue weighted by molar-refractivity contribution is -0.116. The molecule has 0 radical (unpaired) electrons. The Morgan fingerprint density at radius 1 is 1.38 bits per heavy atom. The smallest absolute Gasteiger partial charge is 0.360 e. The first-order valence-corrected chi connectivity index (χ1v) is 6.42. The first-order valence-electron chi connectivity index (χ1n) is 6.42. The van der Waals surface area contributed by atoms with Gasteiger partial charge < -0.3 is 10.1 Å². The van der Waals surface area contributed by atoms with E-state index < -0.39 is 5.97 Å². The lowest BCUT2D eigenvalue weighted by Gasteiger charge is -2.04. The zero-order valence-electron chi connectivity index (χ0n) is 11.9. The fraction of sp³-hybridized carbons (Fsp3) is 0.286. The summed E-state index contributed by atoms with van der Waals surface area (Å²) < 4.78 is 6.07. The van der Waals surface area contributed by atoms with Gasteiger partial charge in [0.2, 0.25) is 5.91 Å². The van der Waals surface area contributed by atoms with E-state index >= 15 is 0 Å². The van der Waals surface area contributed by atoms with Crippen LogP contribution in [0.25, 0.3) is 0 Å². The van der Waals surface area contributed by atoms with Crippen LogP contribution in [0.5, 0.6) is 0 Å². The van der Waals surface area contributed by atoms with Crippen molar-refractivity contribution in [3.05, 3.63) is 42.0 Å². The Morgan fingerprint density at radius 3 is 2.86 bits per heavy atom. The van der Waals surface area contributed by atoms with Crippen LogP contribution in [0.4, 0.5) is 5.69 Å². The van der Waals surface area contributed by atoms with Gasteiger partial charge in [-0.05, 0) is 18.6 Å². The molecular formula is C14H16N4O3. The standard InChI is InChI=1S/C14H16N4O3/c1-18-9-11(13(17-18)14(20)21-2)16-12(19)7-6-10-5-3-4-8-15-10/h3-5,8-9H,6-7H2,1-2H3,(H,16,19). The van der Waals surface area contributed by atoms with Gasteiger partial charge in [0.25, 0.3) is 0 Å². The van der Waals surface area contributed by atoms with E-state index in [1.165, 1.54) is 11.8 Å². The van der Waals surface area contributed by atoms with Crippen LogP contribution in [0.3, 0.4) is 0 Å². The van der Waals surface area contributed by atoms with E-state index in [2.05, 4.69) is 20.1 Å². The lowest BCUT2D eigenvalue weighted by Crippen LogP contribution is -2.15. The van der Waals surface area contributed by atoms with Crippen LogP contribution < -0.4 is 5.32 Å². The Balaban J connectivity index is 1.98. The molecule has 0 aliphatic rings. The van der Waals surface area contributed by atoms with E-state index in [4.69, 9.17) is 0 Å². The average Bonchev–Trinajstić information content (AvgIpc) is 2.86. The topological polar surface area (TPSA) is 86.1 Å². The summed E-state index contributed by atoms with van der Waals surface area (Å²) in [5, 5.41) is 6.63. The molecule has 2 aromatic heterocycles. The average molecular weight is 288 g/mol. The summed E-state index contributed by atoms with van der Waals surface area (Å²) in [7, 11) is 2.93. The van der Waals surface area contributed by atoms with Gasteiger partial charge in [-0.3, -0.25) is 14.5 Å². The molecule has 2 rings (SSSR count). The molecule has 0 saturated carbocycles. The highest BCUT2D eigenvalue weighted by molar-refractivity contribution is 5.99. The van der Waals surface area contributed by atoms with Crippen LogP contribution in [0.2, 0.25) is 0 Å². The van der Waals surface area contributed by atoms with Gasteiger partial charge in [0.1, 0.15) is 0 Å². The summed E-state index contributed by atoms with van der Waals surface area (Å²) in [6.45, 7) is 0. The third-order valence-corrected chi connectivity index (χ3v) is 2.82. The van der Waals surface area contributed by atoms with E-state index in [1.807, 2.05) is 18.2 Å². The highest BCUT2D eigenvalue weighted by Crippen LogP contribution is 2.14. The molecular weight excluding hydrogens is 272 g/mol. The molecule has 0 spiro atoms. The monoisotopic (exact) mass is 288 g/mol. The Hall–Kier alpha value is -2.70. The molecule has 0 aromatic carbocycles. The molecule has 0 atom stereocenters. The van der Waals surface area contributed by atoms with Gasteiger partial charge in [0, 0.05) is 31.6 Å². The molecule has 7 nitrogen and oxygen atoms in total. The minimum absolute atomic E-state index is 0.0891.